The molecule has 3 heteroatoms. The molecule has 0 bridgehead atoms. The minimum atomic E-state index is 0.0744. The second-order valence-electron chi connectivity index (χ2n) is 8.65. The molecule has 3 nitrogen and oxygen atoms in total. The Bertz CT molecular complexity index is 525. The Balaban J connectivity index is 1.69. The van der Waals surface area contributed by atoms with E-state index in [1.165, 1.54) is 36.2 Å². The van der Waals surface area contributed by atoms with Gasteiger partial charge in [-0.15, -0.1) is 0 Å². The van der Waals surface area contributed by atoms with Crippen LogP contribution in [0.25, 0.3) is 0 Å². The summed E-state index contributed by atoms with van der Waals surface area (Å²) in [5, 5.41) is 0. The van der Waals surface area contributed by atoms with Crippen LogP contribution in [-0.2, 0) is 9.53 Å². The van der Waals surface area contributed by atoms with Crippen molar-refractivity contribution in [2.24, 2.45) is 28.6 Å². The number of hydrogen-bond acceptors (Lipinski definition) is 2. The molecule has 0 aromatic carbocycles. The van der Waals surface area contributed by atoms with Crippen LogP contribution < -0.4 is 4.90 Å². The van der Waals surface area contributed by atoms with Crippen molar-refractivity contribution in [3.63, 3.8) is 0 Å². The molecule has 0 radical (unpaired) electrons. The summed E-state index contributed by atoms with van der Waals surface area (Å²) in [5.41, 5.74) is 2.41. The third-order valence-electron chi connectivity index (χ3n) is 7.14. The van der Waals surface area contributed by atoms with Gasteiger partial charge in [-0.2, -0.15) is 0 Å². The number of fused-ring (bicyclic) bond motifs is 2. The van der Waals surface area contributed by atoms with Gasteiger partial charge in [-0.05, 0) is 43.4 Å². The first-order valence-electron chi connectivity index (χ1n) is 8.54. The molecule has 1 saturated heterocycles. The molecule has 4 rings (SSSR count). The van der Waals surface area contributed by atoms with Crippen molar-refractivity contribution >= 4 is 5.97 Å². The number of nitrogens with one attached hydrogen (secondary N) is 1. The van der Waals surface area contributed by atoms with E-state index < -0.39 is 0 Å². The largest absolute Gasteiger partial charge is 0.461 e. The summed E-state index contributed by atoms with van der Waals surface area (Å²) in [4.78, 5) is 13.8. The van der Waals surface area contributed by atoms with Crippen molar-refractivity contribution in [1.82, 2.24) is 0 Å². The summed E-state index contributed by atoms with van der Waals surface area (Å²) in [6.45, 7) is 5.65. The molecular weight excluding hydrogens is 262 g/mol. The molecule has 0 amide bonds. The summed E-state index contributed by atoms with van der Waals surface area (Å²) >= 11 is 0. The third-order valence-corrected chi connectivity index (χ3v) is 7.14. The van der Waals surface area contributed by atoms with Crippen LogP contribution in [0.15, 0.2) is 11.6 Å². The summed E-state index contributed by atoms with van der Waals surface area (Å²) < 4.78 is 5.99. The average Bonchev–Trinajstić information content (AvgIpc) is 2.71. The van der Waals surface area contributed by atoms with Gasteiger partial charge < -0.3 is 9.64 Å². The highest BCUT2D eigenvalue weighted by Gasteiger charge is 2.73. The highest BCUT2D eigenvalue weighted by molar-refractivity contribution is 5.75. The Labute approximate surface area is 127 Å². The maximum absolute atomic E-state index is 12.4. The molecule has 2 saturated carbocycles. The van der Waals surface area contributed by atoms with Gasteiger partial charge in [0, 0.05) is 11.8 Å². The normalized spacial score (nSPS) is 50.9. The first kappa shape index (κ1) is 13.8. The van der Waals surface area contributed by atoms with Gasteiger partial charge in [0.2, 0.25) is 0 Å². The SMILES string of the molecule is CC1=CC[C@@]23C[C@]2(C)CC[C@H]2[C@H](C[NH+](C)C)C(=O)O[C@@H]2C13. The second kappa shape index (κ2) is 4.13. The molecule has 1 aliphatic heterocycles. The van der Waals surface area contributed by atoms with Crippen LogP contribution in [0.3, 0.4) is 0 Å². The van der Waals surface area contributed by atoms with E-state index >= 15 is 0 Å². The van der Waals surface area contributed by atoms with Crippen LogP contribution in [0.2, 0.25) is 0 Å². The monoisotopic (exact) mass is 290 g/mol. The fourth-order valence-electron chi connectivity index (χ4n) is 5.95. The maximum Gasteiger partial charge on any atom is 0.315 e. The number of carbonyl (C=O) groups is 1. The van der Waals surface area contributed by atoms with Gasteiger partial charge in [-0.3, -0.25) is 4.79 Å². The van der Waals surface area contributed by atoms with Crippen LogP contribution in [0.4, 0.5) is 0 Å². The molecule has 1 heterocycles. The summed E-state index contributed by atoms with van der Waals surface area (Å²) in [6.07, 6.45) is 7.59. The van der Waals surface area contributed by atoms with E-state index in [2.05, 4.69) is 34.0 Å². The fourth-order valence-corrected chi connectivity index (χ4v) is 5.95. The van der Waals surface area contributed by atoms with Crippen LogP contribution >= 0.6 is 0 Å². The number of allylic oxidation sites excluding steroid dienone is 1. The van der Waals surface area contributed by atoms with Gasteiger partial charge in [0.05, 0.1) is 20.6 Å². The van der Waals surface area contributed by atoms with Crippen molar-refractivity contribution in [1.29, 1.82) is 0 Å². The zero-order valence-corrected chi connectivity index (χ0v) is 13.7. The number of hydrogen-bond donors (Lipinski definition) is 1. The first-order chi connectivity index (χ1) is 9.88. The zero-order chi connectivity index (χ0) is 15.0. The van der Waals surface area contributed by atoms with Gasteiger partial charge in [0.15, 0.2) is 0 Å². The van der Waals surface area contributed by atoms with E-state index in [0.29, 0.717) is 22.7 Å². The molecule has 0 aromatic heterocycles. The van der Waals surface area contributed by atoms with E-state index in [1.54, 1.807) is 0 Å². The maximum atomic E-state index is 12.4. The van der Waals surface area contributed by atoms with Crippen LogP contribution in [0, 0.1) is 28.6 Å². The van der Waals surface area contributed by atoms with Crippen molar-refractivity contribution in [3.05, 3.63) is 11.6 Å². The lowest BCUT2D eigenvalue weighted by Gasteiger charge is -2.30. The number of rotatable bonds is 2. The van der Waals surface area contributed by atoms with Gasteiger partial charge in [-0.1, -0.05) is 18.6 Å². The minimum Gasteiger partial charge on any atom is -0.461 e. The van der Waals surface area contributed by atoms with E-state index in [4.69, 9.17) is 4.74 Å². The summed E-state index contributed by atoms with van der Waals surface area (Å²) in [6, 6.07) is 0. The van der Waals surface area contributed by atoms with Crippen LogP contribution in [0.1, 0.15) is 39.5 Å². The smallest absolute Gasteiger partial charge is 0.315 e. The highest BCUT2D eigenvalue weighted by atomic mass is 16.6. The van der Waals surface area contributed by atoms with Gasteiger partial charge in [-0.25, -0.2) is 0 Å². The van der Waals surface area contributed by atoms with E-state index in [9.17, 15) is 4.79 Å². The van der Waals surface area contributed by atoms with Gasteiger partial charge >= 0.3 is 5.97 Å². The Morgan fingerprint density at radius 1 is 1.43 bits per heavy atom. The number of quaternary nitrogens is 1. The second-order valence-corrected chi connectivity index (χ2v) is 8.65. The van der Waals surface area contributed by atoms with Crippen molar-refractivity contribution in [2.45, 2.75) is 45.6 Å². The quantitative estimate of drug-likeness (QED) is 0.616. The first-order valence-corrected chi connectivity index (χ1v) is 8.54. The molecule has 3 fully saturated rings. The summed E-state index contributed by atoms with van der Waals surface area (Å²) in [7, 11) is 4.27. The van der Waals surface area contributed by atoms with Crippen LogP contribution in [-0.4, -0.2) is 32.7 Å². The Hall–Kier alpha value is -0.830. The molecule has 116 valence electrons. The molecule has 3 aliphatic carbocycles. The van der Waals surface area contributed by atoms with Crippen molar-refractivity contribution in [2.75, 3.05) is 20.6 Å². The zero-order valence-electron chi connectivity index (χ0n) is 13.7. The predicted molar refractivity (Wildman–Crippen MR) is 80.8 cm³/mol. The van der Waals surface area contributed by atoms with Crippen molar-refractivity contribution < 1.29 is 14.4 Å². The Morgan fingerprint density at radius 2 is 2.19 bits per heavy atom. The molecule has 1 spiro atoms. The molecule has 4 aliphatic rings. The van der Waals surface area contributed by atoms with E-state index in [0.717, 1.165) is 6.54 Å². The number of carbonyl (C=O) groups excluding carboxylic acids is 1. The number of ether oxygens (including phenoxy) is 1. The minimum absolute atomic E-state index is 0.0744. The topological polar surface area (TPSA) is 30.7 Å². The molecule has 1 N–H and O–H groups in total. The fraction of sp³-hybridized carbons (Fsp3) is 0.833. The number of esters is 1. The van der Waals surface area contributed by atoms with Crippen LogP contribution in [0.5, 0.6) is 0 Å². The molecule has 6 atom stereocenters. The molecule has 1 unspecified atom stereocenters. The third kappa shape index (κ3) is 1.67. The van der Waals surface area contributed by atoms with Gasteiger partial charge in [0.25, 0.3) is 0 Å². The van der Waals surface area contributed by atoms with Crippen molar-refractivity contribution in [3.8, 4) is 0 Å². The molecule has 0 aromatic rings. The van der Waals surface area contributed by atoms with E-state index in [-0.39, 0.29) is 18.0 Å². The Kier molecular flexibility index (Phi) is 2.71. The lowest BCUT2D eigenvalue weighted by atomic mass is 9.76. The predicted octanol–water partition coefficient (Wildman–Crippen LogP) is 1.45. The van der Waals surface area contributed by atoms with E-state index in [1.807, 2.05) is 0 Å². The highest BCUT2D eigenvalue weighted by Crippen LogP contribution is 2.78. The van der Waals surface area contributed by atoms with Gasteiger partial charge in [0.1, 0.15) is 12.0 Å². The molecular formula is C18H28NO2+. The summed E-state index contributed by atoms with van der Waals surface area (Å²) in [5.74, 6) is 1.14. The molecule has 21 heavy (non-hydrogen) atoms. The standard InChI is InChI=1S/C18H27NO2/c1-11-5-8-18-10-17(18,2)7-6-12-13(9-19(3)4)16(20)21-15(12)14(11)18/h5,12-15H,6-10H2,1-4H3/p+1/t12-,13-,14?,15-,17-,18-/m0/s1. The Morgan fingerprint density at radius 3 is 2.90 bits per heavy atom. The lowest BCUT2D eigenvalue weighted by molar-refractivity contribution is -0.861. The lowest BCUT2D eigenvalue weighted by Crippen LogP contribution is -3.06. The average molecular weight is 290 g/mol.